The fourth-order valence-corrected chi connectivity index (χ4v) is 11.1. The number of carbonyl (C=O) groups is 2. The zero-order valence-electron chi connectivity index (χ0n) is 55.0. The molecule has 5 heteroatoms. The molecule has 1 unspecified atom stereocenters. The maximum atomic E-state index is 12.4. The van der Waals surface area contributed by atoms with E-state index in [0.717, 1.165) is 70.6 Å². The quantitative estimate of drug-likeness (QED) is 0.0373. The topological polar surface area (TPSA) is 72.8 Å². The molecule has 0 fully saturated rings. The lowest BCUT2D eigenvalue weighted by Crippen LogP contribution is -2.28. The third kappa shape index (κ3) is 69.8. The Morgan fingerprint density at radius 2 is 0.524 bits per heavy atom. The first-order valence-electron chi connectivity index (χ1n) is 36.5. The first-order valence-corrected chi connectivity index (χ1v) is 36.5. The van der Waals surface area contributed by atoms with Gasteiger partial charge in [0.05, 0.1) is 6.61 Å². The largest absolute Gasteiger partial charge is 0.462 e. The summed E-state index contributed by atoms with van der Waals surface area (Å²) in [5.41, 5.74) is 0. The Balaban J connectivity index is 3.38. The molecule has 0 radical (unpaired) electrons. The molecule has 0 aromatic heterocycles. The molecule has 0 saturated carbocycles. The van der Waals surface area contributed by atoms with Crippen LogP contribution >= 0.6 is 0 Å². The highest BCUT2D eigenvalue weighted by Gasteiger charge is 2.16. The molecule has 0 amide bonds. The van der Waals surface area contributed by atoms with Gasteiger partial charge in [0.1, 0.15) is 6.61 Å². The van der Waals surface area contributed by atoms with Crippen molar-refractivity contribution in [1.29, 1.82) is 0 Å². The number of ether oxygens (including phenoxy) is 2. The van der Waals surface area contributed by atoms with E-state index in [4.69, 9.17) is 9.47 Å². The van der Waals surface area contributed by atoms with Gasteiger partial charge in [-0.2, -0.15) is 0 Å². The molecule has 0 spiro atoms. The van der Waals surface area contributed by atoms with E-state index >= 15 is 0 Å². The first kappa shape index (κ1) is 79.3. The zero-order chi connectivity index (χ0) is 59.1. The average molecular weight is 1150 g/mol. The number of hydrogen-bond acceptors (Lipinski definition) is 5. The fourth-order valence-electron chi connectivity index (χ4n) is 11.1. The number of allylic oxidation sites excluding steroid dienone is 12. The number of esters is 2. The summed E-state index contributed by atoms with van der Waals surface area (Å²) < 4.78 is 10.8. The first-order chi connectivity index (χ1) is 40.6. The Morgan fingerprint density at radius 1 is 0.293 bits per heavy atom. The van der Waals surface area contributed by atoms with Gasteiger partial charge in [-0.25, -0.2) is 0 Å². The summed E-state index contributed by atoms with van der Waals surface area (Å²) in [7, 11) is 0. The van der Waals surface area contributed by atoms with Gasteiger partial charge in [-0.05, 0) is 83.5 Å². The molecule has 0 aromatic carbocycles. The molecule has 1 N–H and O–H groups in total. The van der Waals surface area contributed by atoms with Crippen LogP contribution in [0.2, 0.25) is 0 Å². The molecule has 0 saturated heterocycles. The van der Waals surface area contributed by atoms with Gasteiger partial charge in [0.25, 0.3) is 0 Å². The van der Waals surface area contributed by atoms with Crippen LogP contribution in [0.25, 0.3) is 0 Å². The smallest absolute Gasteiger partial charge is 0.306 e. The van der Waals surface area contributed by atoms with E-state index in [2.05, 4.69) is 86.8 Å². The van der Waals surface area contributed by atoms with E-state index in [1.54, 1.807) is 0 Å². The SMILES string of the molecule is CC/C=C\C/C=C\C/C=C\C/C=C\CCCCCCCCCCCCCCCCCCCCCCCCCCCCCCC(=O)OC(CO)COC(=O)CCCCCCCCCCCCCCCCC/C=C\C/C=C\CCCCCCC. The molecule has 0 rings (SSSR count). The van der Waals surface area contributed by atoms with Gasteiger partial charge in [0.2, 0.25) is 0 Å². The molecule has 0 heterocycles. The lowest BCUT2D eigenvalue weighted by Gasteiger charge is -2.15. The highest BCUT2D eigenvalue weighted by atomic mass is 16.6. The van der Waals surface area contributed by atoms with Gasteiger partial charge in [-0.15, -0.1) is 0 Å². The lowest BCUT2D eigenvalue weighted by molar-refractivity contribution is -0.161. The van der Waals surface area contributed by atoms with Crippen LogP contribution in [-0.4, -0.2) is 36.4 Å². The van der Waals surface area contributed by atoms with E-state index in [1.807, 2.05) is 0 Å². The Morgan fingerprint density at radius 3 is 0.793 bits per heavy atom. The number of rotatable bonds is 68. The monoisotopic (exact) mass is 1150 g/mol. The predicted molar refractivity (Wildman–Crippen MR) is 362 cm³/mol. The average Bonchev–Trinajstić information content (AvgIpc) is 3.49. The Hall–Kier alpha value is -2.66. The summed E-state index contributed by atoms with van der Waals surface area (Å²) in [6.07, 6.45) is 101. The van der Waals surface area contributed by atoms with E-state index in [0.29, 0.717) is 12.8 Å². The second-order valence-electron chi connectivity index (χ2n) is 24.6. The highest BCUT2D eigenvalue weighted by Crippen LogP contribution is 2.19. The summed E-state index contributed by atoms with van der Waals surface area (Å²) in [5, 5.41) is 9.71. The van der Waals surface area contributed by atoms with Crippen LogP contribution in [0.5, 0.6) is 0 Å². The van der Waals surface area contributed by atoms with Crippen molar-refractivity contribution in [3.63, 3.8) is 0 Å². The minimum absolute atomic E-state index is 0.0616. The fraction of sp³-hybridized carbons (Fsp3) is 0.818. The second-order valence-corrected chi connectivity index (χ2v) is 24.6. The molecular formula is C77H140O5. The van der Waals surface area contributed by atoms with E-state index in [-0.39, 0.29) is 25.2 Å². The summed E-state index contributed by atoms with van der Waals surface area (Å²) in [4.78, 5) is 24.7. The van der Waals surface area contributed by atoms with Crippen molar-refractivity contribution in [3.05, 3.63) is 72.9 Å². The van der Waals surface area contributed by atoms with Crippen molar-refractivity contribution in [3.8, 4) is 0 Å². The van der Waals surface area contributed by atoms with Crippen LogP contribution in [0.3, 0.4) is 0 Å². The maximum absolute atomic E-state index is 12.4. The minimum Gasteiger partial charge on any atom is -0.462 e. The van der Waals surface area contributed by atoms with Crippen molar-refractivity contribution < 1.29 is 24.2 Å². The molecule has 0 aliphatic carbocycles. The summed E-state index contributed by atoms with van der Waals surface area (Å²) >= 11 is 0. The molecule has 1 atom stereocenters. The van der Waals surface area contributed by atoms with E-state index < -0.39 is 6.10 Å². The Labute approximate surface area is 512 Å². The molecule has 478 valence electrons. The summed E-state index contributed by atoms with van der Waals surface area (Å²) in [6, 6.07) is 0. The van der Waals surface area contributed by atoms with Crippen molar-refractivity contribution in [2.24, 2.45) is 0 Å². The standard InChI is InChI=1S/C77H140O5/c1-3-5-7-9-11-13-15-17-19-21-23-25-27-29-31-32-33-34-35-36-37-38-39-40-41-42-43-44-46-48-50-52-54-56-58-60-62-64-66-68-70-72-77(80)82-75(73-78)74-81-76(79)71-69-67-65-63-61-59-57-55-53-51-49-47-45-30-28-26-24-22-20-18-16-14-12-10-8-6-4-2/h5,7,11,13,16-19,22-25,75,78H,3-4,6,8-10,12,14-15,20-21,26-74H2,1-2H3/b7-5-,13-11-,18-16-,19-17-,24-22-,25-23-. The van der Waals surface area contributed by atoms with Crippen molar-refractivity contribution in [2.75, 3.05) is 13.2 Å². The third-order valence-electron chi connectivity index (χ3n) is 16.5. The van der Waals surface area contributed by atoms with Gasteiger partial charge in [0, 0.05) is 12.8 Å². The number of unbranched alkanes of at least 4 members (excludes halogenated alkanes) is 48. The van der Waals surface area contributed by atoms with Gasteiger partial charge in [-0.1, -0.05) is 363 Å². The number of carbonyl (C=O) groups excluding carboxylic acids is 2. The van der Waals surface area contributed by atoms with Gasteiger partial charge in [-0.3, -0.25) is 9.59 Å². The molecule has 0 bridgehead atoms. The van der Waals surface area contributed by atoms with E-state index in [1.165, 1.54) is 289 Å². The normalized spacial score (nSPS) is 12.6. The van der Waals surface area contributed by atoms with Crippen molar-refractivity contribution in [1.82, 2.24) is 0 Å². The Kier molecular flexibility index (Phi) is 70.2. The van der Waals surface area contributed by atoms with Crippen molar-refractivity contribution >= 4 is 11.9 Å². The summed E-state index contributed by atoms with van der Waals surface area (Å²) in [6.45, 7) is 4.07. The van der Waals surface area contributed by atoms with Crippen LogP contribution in [0.1, 0.15) is 386 Å². The minimum atomic E-state index is -0.772. The molecule has 0 aromatic rings. The van der Waals surface area contributed by atoms with Crippen LogP contribution < -0.4 is 0 Å². The number of aliphatic hydroxyl groups is 1. The van der Waals surface area contributed by atoms with Gasteiger partial charge < -0.3 is 14.6 Å². The molecule has 0 aliphatic heterocycles. The Bertz CT molecular complexity index is 1440. The third-order valence-corrected chi connectivity index (χ3v) is 16.5. The maximum Gasteiger partial charge on any atom is 0.306 e. The van der Waals surface area contributed by atoms with Crippen LogP contribution in [0.15, 0.2) is 72.9 Å². The molecule has 0 aliphatic rings. The number of aliphatic hydroxyl groups excluding tert-OH is 1. The van der Waals surface area contributed by atoms with Crippen LogP contribution in [0, 0.1) is 0 Å². The molecule has 5 nitrogen and oxygen atoms in total. The van der Waals surface area contributed by atoms with Crippen LogP contribution in [0.4, 0.5) is 0 Å². The van der Waals surface area contributed by atoms with Crippen molar-refractivity contribution in [2.45, 2.75) is 392 Å². The zero-order valence-corrected chi connectivity index (χ0v) is 55.0. The second kappa shape index (κ2) is 72.6. The highest BCUT2D eigenvalue weighted by molar-refractivity contribution is 5.70. The van der Waals surface area contributed by atoms with E-state index in [9.17, 15) is 14.7 Å². The molecule has 82 heavy (non-hydrogen) atoms. The van der Waals surface area contributed by atoms with Crippen LogP contribution in [-0.2, 0) is 19.1 Å². The van der Waals surface area contributed by atoms with Gasteiger partial charge in [0.15, 0.2) is 6.10 Å². The lowest BCUT2D eigenvalue weighted by atomic mass is 10.0. The number of hydrogen-bond donors (Lipinski definition) is 1. The summed E-state index contributed by atoms with van der Waals surface area (Å²) in [5.74, 6) is -0.570. The molecular weight excluding hydrogens is 1000 g/mol. The van der Waals surface area contributed by atoms with Gasteiger partial charge >= 0.3 is 11.9 Å². The predicted octanol–water partition coefficient (Wildman–Crippen LogP) is 25.4.